The van der Waals surface area contributed by atoms with E-state index in [1.54, 1.807) is 4.90 Å². The van der Waals surface area contributed by atoms with Gasteiger partial charge in [-0.25, -0.2) is 0 Å². The van der Waals surface area contributed by atoms with Crippen LogP contribution in [0, 0.1) is 5.41 Å². The summed E-state index contributed by atoms with van der Waals surface area (Å²) in [6.07, 6.45) is 2.94. The summed E-state index contributed by atoms with van der Waals surface area (Å²) in [5, 5.41) is 0. The van der Waals surface area contributed by atoms with E-state index in [1.165, 1.54) is 0 Å². The Balaban J connectivity index is 0.00000220. The van der Waals surface area contributed by atoms with Gasteiger partial charge in [-0.3, -0.25) is 4.79 Å². The average molecular weight is 321 g/mol. The highest BCUT2D eigenvalue weighted by atomic mass is 35.5. The van der Waals surface area contributed by atoms with Crippen molar-refractivity contribution < 1.29 is 14.3 Å². The highest BCUT2D eigenvalue weighted by Gasteiger charge is 2.63. The van der Waals surface area contributed by atoms with Crippen molar-refractivity contribution in [3.05, 3.63) is 0 Å². The second kappa shape index (κ2) is 6.82. The highest BCUT2D eigenvalue weighted by Crippen LogP contribution is 2.50. The van der Waals surface area contributed by atoms with E-state index >= 15 is 0 Å². The first-order chi connectivity index (χ1) is 9.33. The molecule has 2 aliphatic rings. The molecule has 5 nitrogen and oxygen atoms in total. The van der Waals surface area contributed by atoms with Crippen molar-refractivity contribution in [2.75, 3.05) is 26.8 Å². The van der Waals surface area contributed by atoms with E-state index in [-0.39, 0.29) is 35.9 Å². The second-order valence-corrected chi connectivity index (χ2v) is 6.66. The minimum absolute atomic E-state index is 0. The van der Waals surface area contributed by atoms with Crippen LogP contribution in [0.25, 0.3) is 0 Å². The zero-order valence-electron chi connectivity index (χ0n) is 13.6. The maximum absolute atomic E-state index is 12.7. The van der Waals surface area contributed by atoms with Crippen LogP contribution in [0.4, 0.5) is 0 Å². The molecule has 0 radical (unpaired) electrons. The van der Waals surface area contributed by atoms with Crippen molar-refractivity contribution in [2.45, 2.75) is 57.8 Å². The van der Waals surface area contributed by atoms with Crippen molar-refractivity contribution in [1.82, 2.24) is 4.90 Å². The van der Waals surface area contributed by atoms with Crippen LogP contribution >= 0.6 is 12.4 Å². The molecule has 0 aromatic heterocycles. The molecule has 3 unspecified atom stereocenters. The lowest BCUT2D eigenvalue weighted by molar-refractivity contribution is -0.179. The van der Waals surface area contributed by atoms with E-state index in [1.807, 2.05) is 27.8 Å². The molecule has 2 rings (SSSR count). The van der Waals surface area contributed by atoms with Crippen LogP contribution in [0.2, 0.25) is 0 Å². The molecular weight excluding hydrogens is 292 g/mol. The van der Waals surface area contributed by atoms with Gasteiger partial charge in [0.05, 0.1) is 12.2 Å². The summed E-state index contributed by atoms with van der Waals surface area (Å²) in [6.45, 7) is 8.11. The Morgan fingerprint density at radius 2 is 2.14 bits per heavy atom. The van der Waals surface area contributed by atoms with Crippen molar-refractivity contribution in [3.63, 3.8) is 0 Å². The number of carbonyl (C=O) groups excluding carboxylic acids is 1. The maximum Gasteiger partial charge on any atom is 0.243 e. The van der Waals surface area contributed by atoms with Gasteiger partial charge in [-0.05, 0) is 19.8 Å². The van der Waals surface area contributed by atoms with E-state index in [2.05, 4.69) is 0 Å². The topological polar surface area (TPSA) is 64.8 Å². The summed E-state index contributed by atoms with van der Waals surface area (Å²) in [7, 11) is 1.82. The Kier molecular flexibility index (Phi) is 6.07. The number of ether oxygens (including phenoxy) is 2. The molecule has 6 heteroatoms. The lowest BCUT2D eigenvalue weighted by Gasteiger charge is -2.58. The molecule has 1 saturated heterocycles. The lowest BCUT2D eigenvalue weighted by Crippen LogP contribution is -2.76. The molecule has 21 heavy (non-hydrogen) atoms. The quantitative estimate of drug-likeness (QED) is 0.835. The number of likely N-dealkylation sites (N-methyl/N-ethyl adjacent to an activating group) is 1. The zero-order valence-corrected chi connectivity index (χ0v) is 14.4. The van der Waals surface area contributed by atoms with Crippen LogP contribution in [0.3, 0.4) is 0 Å². The summed E-state index contributed by atoms with van der Waals surface area (Å²) in [5.41, 5.74) is 5.26. The van der Waals surface area contributed by atoms with Crippen LogP contribution in [0.5, 0.6) is 0 Å². The standard InChI is InChI=1S/C15H28N2O3.ClH/c1-5-19-12-9-15(16,14(12,2)3)13(18)17(4)10-11-7-6-8-20-11;/h11-12H,5-10,16H2,1-4H3;1H. The fourth-order valence-electron chi connectivity index (χ4n) is 3.32. The minimum Gasteiger partial charge on any atom is -0.378 e. The molecule has 1 aliphatic heterocycles. The minimum atomic E-state index is -0.819. The number of nitrogens with zero attached hydrogens (tertiary/aromatic N) is 1. The Bertz CT molecular complexity index is 372. The largest absolute Gasteiger partial charge is 0.378 e. The van der Waals surface area contributed by atoms with Crippen LogP contribution in [0.1, 0.15) is 40.0 Å². The molecule has 1 aliphatic carbocycles. The Hall–Kier alpha value is -0.360. The molecule has 0 bridgehead atoms. The summed E-state index contributed by atoms with van der Waals surface area (Å²) in [5.74, 6) is 0.00829. The maximum atomic E-state index is 12.7. The van der Waals surface area contributed by atoms with E-state index < -0.39 is 5.54 Å². The number of hydrogen-bond donors (Lipinski definition) is 1. The molecule has 2 N–H and O–H groups in total. The predicted molar refractivity (Wildman–Crippen MR) is 84.6 cm³/mol. The monoisotopic (exact) mass is 320 g/mol. The summed E-state index contributed by atoms with van der Waals surface area (Å²) in [6, 6.07) is 0. The first kappa shape index (κ1) is 18.7. The molecule has 0 spiro atoms. The number of halogens is 1. The van der Waals surface area contributed by atoms with Crippen molar-refractivity contribution >= 4 is 18.3 Å². The predicted octanol–water partition coefficient (Wildman–Crippen LogP) is 1.58. The van der Waals surface area contributed by atoms with E-state index in [4.69, 9.17) is 15.2 Å². The van der Waals surface area contributed by atoms with Crippen LogP contribution in [-0.4, -0.2) is 55.4 Å². The number of carbonyl (C=O) groups is 1. The van der Waals surface area contributed by atoms with Gasteiger partial charge in [0.15, 0.2) is 0 Å². The third-order valence-electron chi connectivity index (χ3n) is 5.06. The van der Waals surface area contributed by atoms with Gasteiger partial charge in [0.2, 0.25) is 5.91 Å². The second-order valence-electron chi connectivity index (χ2n) is 6.66. The number of rotatable bonds is 5. The van der Waals surface area contributed by atoms with Crippen LogP contribution in [0.15, 0.2) is 0 Å². The van der Waals surface area contributed by atoms with Gasteiger partial charge in [0.25, 0.3) is 0 Å². The number of nitrogens with two attached hydrogens (primary N) is 1. The first-order valence-electron chi connectivity index (χ1n) is 7.60. The first-order valence-corrected chi connectivity index (χ1v) is 7.60. The molecule has 0 aromatic carbocycles. The Labute approximate surface area is 133 Å². The summed E-state index contributed by atoms with van der Waals surface area (Å²) < 4.78 is 11.3. The third kappa shape index (κ3) is 3.21. The number of hydrogen-bond acceptors (Lipinski definition) is 4. The van der Waals surface area contributed by atoms with Gasteiger partial charge in [-0.2, -0.15) is 0 Å². The Morgan fingerprint density at radius 1 is 1.48 bits per heavy atom. The van der Waals surface area contributed by atoms with Gasteiger partial charge in [-0.15, -0.1) is 12.4 Å². The van der Waals surface area contributed by atoms with Crippen molar-refractivity contribution in [3.8, 4) is 0 Å². The smallest absolute Gasteiger partial charge is 0.243 e. The highest BCUT2D eigenvalue weighted by molar-refractivity contribution is 5.88. The zero-order chi connectivity index (χ0) is 15.0. The van der Waals surface area contributed by atoms with Gasteiger partial charge in [-0.1, -0.05) is 13.8 Å². The third-order valence-corrected chi connectivity index (χ3v) is 5.06. The fourth-order valence-corrected chi connectivity index (χ4v) is 3.32. The van der Waals surface area contributed by atoms with Gasteiger partial charge in [0.1, 0.15) is 5.54 Å². The fraction of sp³-hybridized carbons (Fsp3) is 0.933. The number of amides is 1. The van der Waals surface area contributed by atoms with Crippen LogP contribution in [-0.2, 0) is 14.3 Å². The molecule has 1 saturated carbocycles. The van der Waals surface area contributed by atoms with Crippen molar-refractivity contribution in [1.29, 1.82) is 0 Å². The van der Waals surface area contributed by atoms with Crippen molar-refractivity contribution in [2.24, 2.45) is 11.1 Å². The van der Waals surface area contributed by atoms with E-state index in [0.717, 1.165) is 19.4 Å². The molecular formula is C15H29ClN2O3. The lowest BCUT2D eigenvalue weighted by atomic mass is 9.54. The molecule has 2 fully saturated rings. The van der Waals surface area contributed by atoms with E-state index in [0.29, 0.717) is 19.6 Å². The molecule has 124 valence electrons. The molecule has 1 heterocycles. The summed E-state index contributed by atoms with van der Waals surface area (Å²) >= 11 is 0. The van der Waals surface area contributed by atoms with Gasteiger partial charge in [0, 0.05) is 38.6 Å². The molecule has 3 atom stereocenters. The normalized spacial score (nSPS) is 34.0. The average Bonchev–Trinajstić information content (AvgIpc) is 2.90. The Morgan fingerprint density at radius 3 is 2.62 bits per heavy atom. The summed E-state index contributed by atoms with van der Waals surface area (Å²) in [4.78, 5) is 14.4. The van der Waals surface area contributed by atoms with Gasteiger partial charge >= 0.3 is 0 Å². The molecule has 0 aromatic rings. The SMILES string of the molecule is CCOC1CC(N)(C(=O)N(C)CC2CCCO2)C1(C)C.Cl. The van der Waals surface area contributed by atoms with Crippen LogP contribution < -0.4 is 5.73 Å². The molecule has 1 amide bonds. The van der Waals surface area contributed by atoms with E-state index in [9.17, 15) is 4.79 Å². The van der Waals surface area contributed by atoms with Gasteiger partial charge < -0.3 is 20.1 Å².